The Morgan fingerprint density at radius 1 is 1.09 bits per heavy atom. The first-order valence-corrected chi connectivity index (χ1v) is 7.42. The second-order valence-corrected chi connectivity index (χ2v) is 5.67. The number of nitrogens with zero attached hydrogens (tertiary/aromatic N) is 2. The number of anilines is 1. The fourth-order valence-electron chi connectivity index (χ4n) is 2.88. The number of benzene rings is 2. The predicted octanol–water partition coefficient (Wildman–Crippen LogP) is 3.80. The summed E-state index contributed by atoms with van der Waals surface area (Å²) in [5, 5.41) is 9.24. The van der Waals surface area contributed by atoms with E-state index in [0.717, 1.165) is 5.56 Å². The molecular formula is C18H16F2N2O. The summed E-state index contributed by atoms with van der Waals surface area (Å²) >= 11 is 0. The van der Waals surface area contributed by atoms with Gasteiger partial charge in [-0.2, -0.15) is 5.26 Å². The van der Waals surface area contributed by atoms with Crippen LogP contribution in [0.5, 0.6) is 0 Å². The molecule has 118 valence electrons. The molecule has 2 unspecified atom stereocenters. The monoisotopic (exact) mass is 314 g/mol. The number of rotatable bonds is 2. The number of hydrogen-bond acceptors (Lipinski definition) is 3. The molecule has 3 nitrogen and oxygen atoms in total. The van der Waals surface area contributed by atoms with Crippen molar-refractivity contribution in [2.24, 2.45) is 0 Å². The molecule has 1 fully saturated rings. The van der Waals surface area contributed by atoms with E-state index in [9.17, 15) is 14.0 Å². The molecule has 1 saturated heterocycles. The molecule has 0 aliphatic carbocycles. The van der Waals surface area contributed by atoms with Crippen molar-refractivity contribution in [1.29, 1.82) is 5.26 Å². The highest BCUT2D eigenvalue weighted by Gasteiger charge is 2.28. The SMILES string of the molecule is CC1CN(c2ccc(F)cc2C#N)CC(c2ccc(F)cc2)O1. The third-order valence-corrected chi connectivity index (χ3v) is 3.92. The second-order valence-electron chi connectivity index (χ2n) is 5.67. The van der Waals surface area contributed by atoms with Crippen molar-refractivity contribution in [3.63, 3.8) is 0 Å². The number of ether oxygens (including phenoxy) is 1. The van der Waals surface area contributed by atoms with E-state index in [2.05, 4.69) is 0 Å². The fraction of sp³-hybridized carbons (Fsp3) is 0.278. The van der Waals surface area contributed by atoms with Gasteiger partial charge in [-0.3, -0.25) is 0 Å². The van der Waals surface area contributed by atoms with E-state index in [1.807, 2.05) is 17.9 Å². The van der Waals surface area contributed by atoms with Gasteiger partial charge in [0.1, 0.15) is 23.8 Å². The fourth-order valence-corrected chi connectivity index (χ4v) is 2.88. The zero-order chi connectivity index (χ0) is 16.4. The van der Waals surface area contributed by atoms with Crippen LogP contribution in [0.2, 0.25) is 0 Å². The zero-order valence-corrected chi connectivity index (χ0v) is 12.7. The summed E-state index contributed by atoms with van der Waals surface area (Å²) in [6.07, 6.45) is -0.286. The summed E-state index contributed by atoms with van der Waals surface area (Å²) in [6.45, 7) is 3.08. The molecule has 2 aromatic rings. The van der Waals surface area contributed by atoms with Crippen LogP contribution in [0.1, 0.15) is 24.2 Å². The van der Waals surface area contributed by atoms with Crippen LogP contribution in [-0.2, 0) is 4.74 Å². The highest BCUT2D eigenvalue weighted by molar-refractivity contribution is 5.60. The van der Waals surface area contributed by atoms with Crippen LogP contribution in [0.25, 0.3) is 0 Å². The van der Waals surface area contributed by atoms with Gasteiger partial charge in [0.25, 0.3) is 0 Å². The molecule has 1 aliphatic rings. The Kier molecular flexibility index (Phi) is 4.26. The highest BCUT2D eigenvalue weighted by atomic mass is 19.1. The molecular weight excluding hydrogens is 298 g/mol. The lowest BCUT2D eigenvalue weighted by molar-refractivity contribution is -0.0174. The van der Waals surface area contributed by atoms with Gasteiger partial charge in [0.15, 0.2) is 0 Å². The highest BCUT2D eigenvalue weighted by Crippen LogP contribution is 2.30. The van der Waals surface area contributed by atoms with Gasteiger partial charge < -0.3 is 9.64 Å². The van der Waals surface area contributed by atoms with E-state index in [-0.39, 0.29) is 18.0 Å². The van der Waals surface area contributed by atoms with Crippen LogP contribution >= 0.6 is 0 Å². The van der Waals surface area contributed by atoms with Crippen molar-refractivity contribution in [1.82, 2.24) is 0 Å². The van der Waals surface area contributed by atoms with Gasteiger partial charge in [-0.1, -0.05) is 12.1 Å². The van der Waals surface area contributed by atoms with Crippen LogP contribution in [0, 0.1) is 23.0 Å². The Balaban J connectivity index is 1.89. The summed E-state index contributed by atoms with van der Waals surface area (Å²) < 4.78 is 32.4. The van der Waals surface area contributed by atoms with E-state index >= 15 is 0 Å². The zero-order valence-electron chi connectivity index (χ0n) is 12.7. The van der Waals surface area contributed by atoms with Crippen molar-refractivity contribution < 1.29 is 13.5 Å². The van der Waals surface area contributed by atoms with E-state index in [4.69, 9.17) is 4.74 Å². The molecule has 2 aromatic carbocycles. The molecule has 0 saturated carbocycles. The lowest BCUT2D eigenvalue weighted by Gasteiger charge is -2.38. The van der Waals surface area contributed by atoms with E-state index in [0.29, 0.717) is 24.3 Å². The van der Waals surface area contributed by atoms with Crippen molar-refractivity contribution in [3.8, 4) is 6.07 Å². The number of hydrogen-bond donors (Lipinski definition) is 0. The maximum atomic E-state index is 13.3. The standard InChI is InChI=1S/C18H16F2N2O/c1-12-10-22(17-7-6-16(20)8-14(17)9-21)11-18(23-12)13-2-4-15(19)5-3-13/h2-8,12,18H,10-11H2,1H3. The molecule has 0 radical (unpaired) electrons. The largest absolute Gasteiger partial charge is 0.367 e. The Hall–Kier alpha value is -2.45. The van der Waals surface area contributed by atoms with Crippen molar-refractivity contribution in [2.45, 2.75) is 19.1 Å². The van der Waals surface area contributed by atoms with Gasteiger partial charge in [-0.25, -0.2) is 8.78 Å². The van der Waals surface area contributed by atoms with E-state index in [1.54, 1.807) is 18.2 Å². The topological polar surface area (TPSA) is 36.3 Å². The number of nitriles is 1. The minimum absolute atomic E-state index is 0.0598. The Bertz CT molecular complexity index is 740. The van der Waals surface area contributed by atoms with E-state index < -0.39 is 5.82 Å². The lowest BCUT2D eigenvalue weighted by Crippen LogP contribution is -2.43. The molecule has 3 rings (SSSR count). The molecule has 5 heteroatoms. The first-order chi connectivity index (χ1) is 11.1. The number of halogens is 2. The maximum Gasteiger partial charge on any atom is 0.124 e. The molecule has 0 amide bonds. The molecule has 1 aliphatic heterocycles. The van der Waals surface area contributed by atoms with Gasteiger partial charge in [-0.15, -0.1) is 0 Å². The van der Waals surface area contributed by atoms with Gasteiger partial charge in [0, 0.05) is 13.1 Å². The summed E-state index contributed by atoms with van der Waals surface area (Å²) in [5.74, 6) is -0.721. The van der Waals surface area contributed by atoms with Crippen molar-refractivity contribution >= 4 is 5.69 Å². The van der Waals surface area contributed by atoms with Crippen molar-refractivity contribution in [2.75, 3.05) is 18.0 Å². The minimum Gasteiger partial charge on any atom is -0.367 e. The van der Waals surface area contributed by atoms with E-state index in [1.165, 1.54) is 24.3 Å². The molecule has 0 bridgehead atoms. The summed E-state index contributed by atoms with van der Waals surface area (Å²) in [6, 6.07) is 12.5. The first-order valence-electron chi connectivity index (χ1n) is 7.42. The van der Waals surface area contributed by atoms with Crippen LogP contribution in [0.15, 0.2) is 42.5 Å². The lowest BCUT2D eigenvalue weighted by atomic mass is 10.0. The molecule has 0 aromatic heterocycles. The summed E-state index contributed by atoms with van der Waals surface area (Å²) in [4.78, 5) is 2.01. The van der Waals surface area contributed by atoms with Crippen LogP contribution in [0.4, 0.5) is 14.5 Å². The predicted molar refractivity (Wildman–Crippen MR) is 83.0 cm³/mol. The van der Waals surface area contributed by atoms with Gasteiger partial charge in [0.05, 0.1) is 17.4 Å². The normalized spacial score (nSPS) is 21.0. The average molecular weight is 314 g/mol. The Labute approximate surface area is 133 Å². The minimum atomic E-state index is -0.429. The third-order valence-electron chi connectivity index (χ3n) is 3.92. The summed E-state index contributed by atoms with van der Waals surface area (Å²) in [5.41, 5.74) is 1.87. The Morgan fingerprint density at radius 2 is 1.78 bits per heavy atom. The smallest absolute Gasteiger partial charge is 0.124 e. The first kappa shape index (κ1) is 15.4. The van der Waals surface area contributed by atoms with Crippen molar-refractivity contribution in [3.05, 3.63) is 65.2 Å². The Morgan fingerprint density at radius 3 is 2.48 bits per heavy atom. The van der Waals surface area contributed by atoms with Gasteiger partial charge in [-0.05, 0) is 42.8 Å². The molecule has 0 spiro atoms. The number of morpholine rings is 1. The van der Waals surface area contributed by atoms with Gasteiger partial charge >= 0.3 is 0 Å². The molecule has 23 heavy (non-hydrogen) atoms. The molecule has 1 heterocycles. The third kappa shape index (κ3) is 3.33. The summed E-state index contributed by atoms with van der Waals surface area (Å²) in [7, 11) is 0. The quantitative estimate of drug-likeness (QED) is 0.846. The molecule has 2 atom stereocenters. The van der Waals surface area contributed by atoms with Crippen LogP contribution in [-0.4, -0.2) is 19.2 Å². The van der Waals surface area contributed by atoms with Crippen LogP contribution < -0.4 is 4.90 Å². The average Bonchev–Trinajstić information content (AvgIpc) is 2.54. The van der Waals surface area contributed by atoms with Crippen LogP contribution in [0.3, 0.4) is 0 Å². The molecule has 0 N–H and O–H groups in total. The second kappa shape index (κ2) is 6.35. The van der Waals surface area contributed by atoms with Gasteiger partial charge in [0.2, 0.25) is 0 Å². The maximum absolute atomic E-state index is 13.3.